The number of hydrogen-bond acceptors (Lipinski definition) is 3. The standard InChI is InChI=1S/C17H24O3/c1-3-5-7-12-16(18)15(17(19)20-4-2)13-14-10-8-6-9-11-14/h6,8-11,13,16,18H,3-5,7,12H2,1-2H3/b15-13-. The lowest BCUT2D eigenvalue weighted by Crippen LogP contribution is -2.20. The first-order valence-electron chi connectivity index (χ1n) is 7.30. The van der Waals surface area contributed by atoms with Crippen molar-refractivity contribution in [2.24, 2.45) is 0 Å². The van der Waals surface area contributed by atoms with E-state index in [1.807, 2.05) is 30.3 Å². The molecule has 110 valence electrons. The molecular weight excluding hydrogens is 252 g/mol. The van der Waals surface area contributed by atoms with E-state index in [9.17, 15) is 9.90 Å². The third kappa shape index (κ3) is 5.57. The van der Waals surface area contributed by atoms with Gasteiger partial charge in [0.25, 0.3) is 0 Å². The molecule has 0 spiro atoms. The van der Waals surface area contributed by atoms with Gasteiger partial charge >= 0.3 is 5.97 Å². The Kier molecular flexibility index (Phi) is 7.66. The maximum Gasteiger partial charge on any atom is 0.336 e. The van der Waals surface area contributed by atoms with Crippen LogP contribution in [0.1, 0.15) is 45.1 Å². The minimum absolute atomic E-state index is 0.312. The molecule has 0 radical (unpaired) electrons. The first kappa shape index (κ1) is 16.4. The van der Waals surface area contributed by atoms with E-state index in [2.05, 4.69) is 6.92 Å². The van der Waals surface area contributed by atoms with E-state index in [-0.39, 0.29) is 0 Å². The van der Waals surface area contributed by atoms with E-state index < -0.39 is 12.1 Å². The fourth-order valence-electron chi connectivity index (χ4n) is 1.98. The van der Waals surface area contributed by atoms with Crippen LogP contribution in [0, 0.1) is 0 Å². The van der Waals surface area contributed by atoms with Crippen LogP contribution in [0.4, 0.5) is 0 Å². The van der Waals surface area contributed by atoms with Crippen molar-refractivity contribution in [2.75, 3.05) is 6.61 Å². The summed E-state index contributed by atoms with van der Waals surface area (Å²) in [7, 11) is 0. The van der Waals surface area contributed by atoms with Crippen molar-refractivity contribution >= 4 is 12.0 Å². The predicted octanol–water partition coefficient (Wildman–Crippen LogP) is 3.57. The third-order valence-corrected chi connectivity index (χ3v) is 3.07. The highest BCUT2D eigenvalue weighted by molar-refractivity contribution is 5.94. The molecule has 3 heteroatoms. The zero-order chi connectivity index (χ0) is 14.8. The van der Waals surface area contributed by atoms with Crippen molar-refractivity contribution in [3.05, 3.63) is 41.5 Å². The van der Waals surface area contributed by atoms with E-state index in [4.69, 9.17) is 4.74 Å². The summed E-state index contributed by atoms with van der Waals surface area (Å²) in [6.45, 7) is 4.19. The molecule has 0 amide bonds. The zero-order valence-electron chi connectivity index (χ0n) is 12.3. The first-order valence-corrected chi connectivity index (χ1v) is 7.30. The number of esters is 1. The summed E-state index contributed by atoms with van der Waals surface area (Å²) >= 11 is 0. The fourth-order valence-corrected chi connectivity index (χ4v) is 1.98. The van der Waals surface area contributed by atoms with Crippen LogP contribution in [0.15, 0.2) is 35.9 Å². The summed E-state index contributed by atoms with van der Waals surface area (Å²) in [6.07, 6.45) is 4.59. The van der Waals surface area contributed by atoms with Gasteiger partial charge in [0.1, 0.15) is 0 Å². The second-order valence-electron chi connectivity index (χ2n) is 4.74. The highest BCUT2D eigenvalue weighted by Crippen LogP contribution is 2.17. The molecule has 1 unspecified atom stereocenters. The van der Waals surface area contributed by atoms with Crippen molar-refractivity contribution in [3.63, 3.8) is 0 Å². The molecule has 1 N–H and O–H groups in total. The Bertz CT molecular complexity index is 423. The van der Waals surface area contributed by atoms with Gasteiger partial charge in [-0.05, 0) is 25.0 Å². The number of hydrogen-bond donors (Lipinski definition) is 1. The number of aliphatic hydroxyl groups excluding tert-OH is 1. The quantitative estimate of drug-likeness (QED) is 0.448. The highest BCUT2D eigenvalue weighted by atomic mass is 16.5. The number of carbonyl (C=O) groups is 1. The predicted molar refractivity (Wildman–Crippen MR) is 81.2 cm³/mol. The molecule has 0 saturated heterocycles. The number of carbonyl (C=O) groups excluding carboxylic acids is 1. The van der Waals surface area contributed by atoms with E-state index in [0.717, 1.165) is 24.8 Å². The molecule has 0 heterocycles. The van der Waals surface area contributed by atoms with Crippen LogP contribution in [0.25, 0.3) is 6.08 Å². The van der Waals surface area contributed by atoms with E-state index in [0.29, 0.717) is 18.6 Å². The highest BCUT2D eigenvalue weighted by Gasteiger charge is 2.19. The number of aliphatic hydroxyl groups is 1. The number of benzene rings is 1. The maximum absolute atomic E-state index is 12.0. The monoisotopic (exact) mass is 276 g/mol. The Morgan fingerprint density at radius 3 is 2.55 bits per heavy atom. The van der Waals surface area contributed by atoms with Crippen LogP contribution in [0.2, 0.25) is 0 Å². The minimum Gasteiger partial charge on any atom is -0.463 e. The van der Waals surface area contributed by atoms with Crippen LogP contribution in [-0.4, -0.2) is 23.8 Å². The second-order valence-corrected chi connectivity index (χ2v) is 4.74. The van der Waals surface area contributed by atoms with Crippen LogP contribution >= 0.6 is 0 Å². The smallest absolute Gasteiger partial charge is 0.336 e. The van der Waals surface area contributed by atoms with E-state index in [1.165, 1.54) is 0 Å². The molecule has 1 aromatic carbocycles. The first-order chi connectivity index (χ1) is 9.69. The van der Waals surface area contributed by atoms with Crippen molar-refractivity contribution < 1.29 is 14.6 Å². The fraction of sp³-hybridized carbons (Fsp3) is 0.471. The largest absolute Gasteiger partial charge is 0.463 e. The lowest BCUT2D eigenvalue weighted by molar-refractivity contribution is -0.139. The van der Waals surface area contributed by atoms with Crippen LogP contribution < -0.4 is 0 Å². The maximum atomic E-state index is 12.0. The Hall–Kier alpha value is -1.61. The molecular formula is C17H24O3. The number of ether oxygens (including phenoxy) is 1. The van der Waals surface area contributed by atoms with Gasteiger partial charge in [-0.2, -0.15) is 0 Å². The molecule has 0 aromatic heterocycles. The van der Waals surface area contributed by atoms with Crippen LogP contribution in [-0.2, 0) is 9.53 Å². The summed E-state index contributed by atoms with van der Waals surface area (Å²) < 4.78 is 5.04. The van der Waals surface area contributed by atoms with Gasteiger partial charge in [-0.15, -0.1) is 0 Å². The molecule has 20 heavy (non-hydrogen) atoms. The summed E-state index contributed by atoms with van der Waals surface area (Å²) in [4.78, 5) is 12.0. The number of unbranched alkanes of at least 4 members (excludes halogenated alkanes) is 2. The topological polar surface area (TPSA) is 46.5 Å². The Morgan fingerprint density at radius 1 is 1.25 bits per heavy atom. The van der Waals surface area contributed by atoms with Gasteiger partial charge in [0, 0.05) is 0 Å². The van der Waals surface area contributed by atoms with Crippen molar-refractivity contribution in [3.8, 4) is 0 Å². The van der Waals surface area contributed by atoms with Gasteiger partial charge in [0.15, 0.2) is 0 Å². The van der Waals surface area contributed by atoms with Gasteiger partial charge in [0.05, 0.1) is 18.3 Å². The lowest BCUT2D eigenvalue weighted by Gasteiger charge is -2.14. The summed E-state index contributed by atoms with van der Waals surface area (Å²) in [6, 6.07) is 9.52. The third-order valence-electron chi connectivity index (χ3n) is 3.07. The Labute approximate surface area is 121 Å². The van der Waals surface area contributed by atoms with Gasteiger partial charge < -0.3 is 9.84 Å². The summed E-state index contributed by atoms with van der Waals surface area (Å²) in [5, 5.41) is 10.2. The normalized spacial score (nSPS) is 13.1. The SMILES string of the molecule is CCCCCC(O)/C(=C/c1ccccc1)C(=O)OCC. The molecule has 3 nitrogen and oxygen atoms in total. The summed E-state index contributed by atoms with van der Waals surface area (Å²) in [5.41, 5.74) is 1.24. The van der Waals surface area contributed by atoms with Gasteiger partial charge in [0.2, 0.25) is 0 Å². The van der Waals surface area contributed by atoms with Crippen LogP contribution in [0.5, 0.6) is 0 Å². The van der Waals surface area contributed by atoms with Gasteiger partial charge in [-0.3, -0.25) is 0 Å². The Morgan fingerprint density at radius 2 is 1.95 bits per heavy atom. The second kappa shape index (κ2) is 9.32. The molecule has 0 fully saturated rings. The van der Waals surface area contributed by atoms with Gasteiger partial charge in [-0.1, -0.05) is 56.5 Å². The molecule has 0 aliphatic heterocycles. The molecule has 0 bridgehead atoms. The molecule has 0 aliphatic carbocycles. The summed E-state index contributed by atoms with van der Waals surface area (Å²) in [5.74, 6) is -0.430. The minimum atomic E-state index is -0.763. The zero-order valence-corrected chi connectivity index (χ0v) is 12.3. The lowest BCUT2D eigenvalue weighted by atomic mass is 10.0. The average molecular weight is 276 g/mol. The van der Waals surface area contributed by atoms with E-state index >= 15 is 0 Å². The average Bonchev–Trinajstić information content (AvgIpc) is 2.46. The van der Waals surface area contributed by atoms with Gasteiger partial charge in [-0.25, -0.2) is 4.79 Å². The van der Waals surface area contributed by atoms with Crippen molar-refractivity contribution in [1.29, 1.82) is 0 Å². The molecule has 1 aromatic rings. The number of rotatable bonds is 8. The van der Waals surface area contributed by atoms with Crippen LogP contribution in [0.3, 0.4) is 0 Å². The van der Waals surface area contributed by atoms with Crippen molar-refractivity contribution in [2.45, 2.75) is 45.6 Å². The molecule has 1 rings (SSSR count). The van der Waals surface area contributed by atoms with Crippen molar-refractivity contribution in [1.82, 2.24) is 0 Å². The Balaban J connectivity index is 2.84. The molecule has 0 aliphatic rings. The van der Waals surface area contributed by atoms with E-state index in [1.54, 1.807) is 13.0 Å². The molecule has 1 atom stereocenters. The molecule has 0 saturated carbocycles.